The third-order valence-corrected chi connectivity index (χ3v) is 5.15. The molecule has 160 valence electrons. The fourth-order valence-corrected chi connectivity index (χ4v) is 3.60. The van der Waals surface area contributed by atoms with Crippen molar-refractivity contribution in [3.8, 4) is 0 Å². The van der Waals surface area contributed by atoms with Crippen LogP contribution < -0.4 is 10.6 Å². The second-order valence-electron chi connectivity index (χ2n) is 8.22. The lowest BCUT2D eigenvalue weighted by Crippen LogP contribution is -2.48. The van der Waals surface area contributed by atoms with Gasteiger partial charge < -0.3 is 20.3 Å². The number of hydrogen-bond acceptors (Lipinski definition) is 4. The quantitative estimate of drug-likeness (QED) is 0.753. The highest BCUT2D eigenvalue weighted by Gasteiger charge is 2.26. The van der Waals surface area contributed by atoms with Gasteiger partial charge in [0.2, 0.25) is 5.91 Å². The lowest BCUT2D eigenvalue weighted by atomic mass is 10.0. The molecule has 0 spiro atoms. The molecular formula is C24H31N3O3. The van der Waals surface area contributed by atoms with Crippen LogP contribution in [0.5, 0.6) is 0 Å². The predicted molar refractivity (Wildman–Crippen MR) is 120 cm³/mol. The molecule has 6 nitrogen and oxygen atoms in total. The standard InChI is InChI=1S/C24H31N3O3/c1-16(2)19-5-11-22(12-6-19)26-23(28)13-25-21-9-7-20(8-10-21)24(29)27-14-17(3)30-18(4)15-27/h5-12,16-18,25H,13-15H2,1-4H3,(H,26,28). The summed E-state index contributed by atoms with van der Waals surface area (Å²) in [5, 5.41) is 5.98. The summed E-state index contributed by atoms with van der Waals surface area (Å²) in [5.74, 6) is 0.344. The van der Waals surface area contributed by atoms with Gasteiger partial charge in [0.1, 0.15) is 0 Å². The molecule has 1 aliphatic heterocycles. The molecule has 0 bridgehead atoms. The third kappa shape index (κ3) is 5.83. The number of nitrogens with one attached hydrogen (secondary N) is 2. The molecule has 6 heteroatoms. The van der Waals surface area contributed by atoms with Gasteiger partial charge in [0.15, 0.2) is 0 Å². The zero-order valence-corrected chi connectivity index (χ0v) is 18.1. The van der Waals surface area contributed by atoms with E-state index in [2.05, 4.69) is 24.5 Å². The van der Waals surface area contributed by atoms with Gasteiger partial charge in [0.25, 0.3) is 5.91 Å². The van der Waals surface area contributed by atoms with Crippen molar-refractivity contribution in [3.63, 3.8) is 0 Å². The molecule has 2 aromatic rings. The minimum absolute atomic E-state index is 0.00568. The van der Waals surface area contributed by atoms with Crippen LogP contribution in [-0.4, -0.2) is 48.6 Å². The van der Waals surface area contributed by atoms with Crippen LogP contribution in [0.2, 0.25) is 0 Å². The molecule has 0 aliphatic carbocycles. The topological polar surface area (TPSA) is 70.7 Å². The Bertz CT molecular complexity index is 852. The highest BCUT2D eigenvalue weighted by Crippen LogP contribution is 2.18. The van der Waals surface area contributed by atoms with Crippen LogP contribution in [0.15, 0.2) is 48.5 Å². The first kappa shape index (κ1) is 21.8. The Morgan fingerprint density at radius 3 is 2.10 bits per heavy atom. The number of rotatable bonds is 6. The summed E-state index contributed by atoms with van der Waals surface area (Å²) in [4.78, 5) is 26.8. The summed E-state index contributed by atoms with van der Waals surface area (Å²) in [7, 11) is 0. The highest BCUT2D eigenvalue weighted by molar-refractivity contribution is 5.95. The van der Waals surface area contributed by atoms with Gasteiger partial charge in [-0.1, -0.05) is 26.0 Å². The van der Waals surface area contributed by atoms with Gasteiger partial charge in [-0.15, -0.1) is 0 Å². The molecule has 30 heavy (non-hydrogen) atoms. The van der Waals surface area contributed by atoms with Crippen LogP contribution in [0.1, 0.15) is 49.5 Å². The predicted octanol–water partition coefficient (Wildman–Crippen LogP) is 4.11. The van der Waals surface area contributed by atoms with E-state index in [9.17, 15) is 9.59 Å². The summed E-state index contributed by atoms with van der Waals surface area (Å²) in [6, 6.07) is 15.1. The monoisotopic (exact) mass is 409 g/mol. The van der Waals surface area contributed by atoms with E-state index in [-0.39, 0.29) is 30.6 Å². The molecule has 1 heterocycles. The lowest BCUT2D eigenvalue weighted by Gasteiger charge is -2.35. The number of nitrogens with zero attached hydrogens (tertiary/aromatic N) is 1. The van der Waals surface area contributed by atoms with Crippen molar-refractivity contribution in [1.82, 2.24) is 4.90 Å². The zero-order valence-electron chi connectivity index (χ0n) is 18.1. The Morgan fingerprint density at radius 1 is 0.967 bits per heavy atom. The molecule has 0 radical (unpaired) electrons. The average Bonchev–Trinajstić information content (AvgIpc) is 2.72. The van der Waals surface area contributed by atoms with Crippen LogP contribution in [0, 0.1) is 0 Å². The third-order valence-electron chi connectivity index (χ3n) is 5.15. The molecule has 3 rings (SSSR count). The Kier molecular flexibility index (Phi) is 7.11. The first-order chi connectivity index (χ1) is 14.3. The number of amides is 2. The Labute approximate surface area is 178 Å². The van der Waals surface area contributed by atoms with Gasteiger partial charge in [-0.25, -0.2) is 0 Å². The number of anilines is 2. The van der Waals surface area contributed by atoms with Crippen LogP contribution in [-0.2, 0) is 9.53 Å². The minimum Gasteiger partial charge on any atom is -0.376 e. The van der Waals surface area contributed by atoms with E-state index in [1.807, 2.05) is 55.1 Å². The normalized spacial score (nSPS) is 18.9. The van der Waals surface area contributed by atoms with Gasteiger partial charge in [0.05, 0.1) is 18.8 Å². The van der Waals surface area contributed by atoms with E-state index in [1.54, 1.807) is 12.1 Å². The molecule has 2 unspecified atom stereocenters. The number of benzene rings is 2. The summed E-state index contributed by atoms with van der Waals surface area (Å²) >= 11 is 0. The van der Waals surface area contributed by atoms with Crippen molar-refractivity contribution >= 4 is 23.2 Å². The summed E-state index contributed by atoms with van der Waals surface area (Å²) in [6.07, 6.45) is 0.0810. The fraction of sp³-hybridized carbons (Fsp3) is 0.417. The second kappa shape index (κ2) is 9.76. The smallest absolute Gasteiger partial charge is 0.254 e. The first-order valence-corrected chi connectivity index (χ1v) is 10.5. The molecule has 1 saturated heterocycles. The summed E-state index contributed by atoms with van der Waals surface area (Å²) in [6.45, 7) is 9.58. The van der Waals surface area contributed by atoms with Crippen LogP contribution in [0.25, 0.3) is 0 Å². The lowest BCUT2D eigenvalue weighted by molar-refractivity contribution is -0.114. The first-order valence-electron chi connectivity index (χ1n) is 10.5. The minimum atomic E-state index is -0.122. The molecule has 2 N–H and O–H groups in total. The second-order valence-corrected chi connectivity index (χ2v) is 8.22. The molecule has 0 aromatic heterocycles. The molecule has 2 amide bonds. The molecular weight excluding hydrogens is 378 g/mol. The van der Waals surface area contributed by atoms with Gasteiger partial charge in [-0.05, 0) is 61.7 Å². The maximum absolute atomic E-state index is 12.7. The SMILES string of the molecule is CC1CN(C(=O)c2ccc(NCC(=O)Nc3ccc(C(C)C)cc3)cc2)CC(C)O1. The Balaban J connectivity index is 1.50. The van der Waals surface area contributed by atoms with E-state index in [1.165, 1.54) is 5.56 Å². The fourth-order valence-electron chi connectivity index (χ4n) is 3.60. The maximum atomic E-state index is 12.7. The maximum Gasteiger partial charge on any atom is 0.254 e. The molecule has 1 aliphatic rings. The Hall–Kier alpha value is -2.86. The van der Waals surface area contributed by atoms with E-state index >= 15 is 0 Å². The van der Waals surface area contributed by atoms with E-state index in [4.69, 9.17) is 4.74 Å². The number of carbonyl (C=O) groups is 2. The van der Waals surface area contributed by atoms with Crippen molar-refractivity contribution < 1.29 is 14.3 Å². The number of hydrogen-bond donors (Lipinski definition) is 2. The summed E-state index contributed by atoms with van der Waals surface area (Å²) in [5.41, 5.74) is 3.44. The number of morpholine rings is 1. The van der Waals surface area contributed by atoms with E-state index < -0.39 is 0 Å². The van der Waals surface area contributed by atoms with Gasteiger partial charge >= 0.3 is 0 Å². The highest BCUT2D eigenvalue weighted by atomic mass is 16.5. The molecule has 2 aromatic carbocycles. The number of ether oxygens (including phenoxy) is 1. The van der Waals surface area contributed by atoms with Crippen LogP contribution in [0.4, 0.5) is 11.4 Å². The summed E-state index contributed by atoms with van der Waals surface area (Å²) < 4.78 is 5.69. The average molecular weight is 410 g/mol. The van der Waals surface area contributed by atoms with Crippen LogP contribution >= 0.6 is 0 Å². The van der Waals surface area contributed by atoms with Gasteiger partial charge in [-0.2, -0.15) is 0 Å². The van der Waals surface area contributed by atoms with Crippen molar-refractivity contribution in [2.45, 2.75) is 45.8 Å². The van der Waals surface area contributed by atoms with Crippen molar-refractivity contribution in [2.75, 3.05) is 30.3 Å². The van der Waals surface area contributed by atoms with Crippen molar-refractivity contribution in [3.05, 3.63) is 59.7 Å². The molecule has 1 fully saturated rings. The van der Waals surface area contributed by atoms with Crippen molar-refractivity contribution in [1.29, 1.82) is 0 Å². The van der Waals surface area contributed by atoms with Crippen molar-refractivity contribution in [2.24, 2.45) is 0 Å². The largest absolute Gasteiger partial charge is 0.376 e. The van der Waals surface area contributed by atoms with E-state index in [0.717, 1.165) is 11.4 Å². The van der Waals surface area contributed by atoms with Gasteiger partial charge in [-0.3, -0.25) is 9.59 Å². The van der Waals surface area contributed by atoms with Crippen LogP contribution in [0.3, 0.4) is 0 Å². The zero-order chi connectivity index (χ0) is 21.7. The van der Waals surface area contributed by atoms with Gasteiger partial charge in [0, 0.05) is 30.0 Å². The van der Waals surface area contributed by atoms with E-state index in [0.29, 0.717) is 24.6 Å². The number of carbonyl (C=O) groups excluding carboxylic acids is 2. The molecule has 2 atom stereocenters. The Morgan fingerprint density at radius 2 is 1.53 bits per heavy atom. The molecule has 0 saturated carbocycles.